The van der Waals surface area contributed by atoms with Crippen molar-refractivity contribution in [1.29, 1.82) is 0 Å². The van der Waals surface area contributed by atoms with Crippen LogP contribution in [0.15, 0.2) is 60.7 Å². The average molecular weight is 751 g/mol. The third-order valence-corrected chi connectivity index (χ3v) is 8.94. The highest BCUT2D eigenvalue weighted by Crippen LogP contribution is 2.39. The summed E-state index contributed by atoms with van der Waals surface area (Å²) < 4.78 is 65.2. The number of fused-ring (bicyclic) bond motifs is 1. The SMILES string of the molecule is Cc1nc(N[C@H](C)c2cc(NC(=O)OCc3ccccc3)cc(C(F)(F)F)c2)c2cc(O[C@H]3CCOC3)c(N3CCN(C(=O)OC(C)(C)C)CC3)cc2n1. The maximum Gasteiger partial charge on any atom is 0.416 e. The first-order valence-electron chi connectivity index (χ1n) is 17.9. The van der Waals surface area contributed by atoms with Gasteiger partial charge in [-0.25, -0.2) is 19.6 Å². The summed E-state index contributed by atoms with van der Waals surface area (Å²) in [5.74, 6) is 1.42. The molecule has 2 fully saturated rings. The molecule has 288 valence electrons. The molecular weight excluding hydrogens is 705 g/mol. The summed E-state index contributed by atoms with van der Waals surface area (Å²) in [4.78, 5) is 38.5. The van der Waals surface area contributed by atoms with E-state index in [-0.39, 0.29) is 30.1 Å². The first kappa shape index (κ1) is 38.4. The Labute approximate surface area is 311 Å². The standard InChI is InChI=1S/C39H45F3N6O6/c1-24(27-17-28(39(40,41)42)19-29(18-27)46-36(49)52-22-26-9-7-6-8-10-26)43-35-31-20-34(53-30-11-16-51-23-30)33(21-32(31)44-25(2)45-35)47-12-14-48(15-13-47)37(50)54-38(3,4)5/h6-10,17-21,24,30H,11-16,22-23H2,1-5H3,(H,46,49)(H,43,44,45)/t24-,30+/m1/s1. The smallest absolute Gasteiger partial charge is 0.416 e. The van der Waals surface area contributed by atoms with Gasteiger partial charge in [0.15, 0.2) is 0 Å². The monoisotopic (exact) mass is 750 g/mol. The number of hydrogen-bond acceptors (Lipinski definition) is 10. The molecular formula is C39H45F3N6O6. The average Bonchev–Trinajstić information content (AvgIpc) is 3.63. The van der Waals surface area contributed by atoms with Gasteiger partial charge in [-0.05, 0) is 76.1 Å². The van der Waals surface area contributed by atoms with E-state index in [1.165, 1.54) is 6.07 Å². The van der Waals surface area contributed by atoms with Crippen LogP contribution in [0.1, 0.15) is 62.7 Å². The zero-order valence-electron chi connectivity index (χ0n) is 31.0. The van der Waals surface area contributed by atoms with E-state index in [0.717, 1.165) is 23.4 Å². The molecule has 2 atom stereocenters. The van der Waals surface area contributed by atoms with Crippen molar-refractivity contribution in [2.75, 3.05) is 54.9 Å². The summed E-state index contributed by atoms with van der Waals surface area (Å²) >= 11 is 0. The topological polar surface area (TPSA) is 127 Å². The van der Waals surface area contributed by atoms with Gasteiger partial charge in [0.2, 0.25) is 0 Å². The van der Waals surface area contributed by atoms with E-state index in [4.69, 9.17) is 23.9 Å². The van der Waals surface area contributed by atoms with E-state index in [2.05, 4.69) is 20.5 Å². The molecule has 0 bridgehead atoms. The van der Waals surface area contributed by atoms with Gasteiger partial charge in [-0.15, -0.1) is 0 Å². The van der Waals surface area contributed by atoms with Gasteiger partial charge < -0.3 is 34.1 Å². The van der Waals surface area contributed by atoms with Crippen molar-refractivity contribution in [3.8, 4) is 5.75 Å². The van der Waals surface area contributed by atoms with Crippen molar-refractivity contribution in [3.05, 3.63) is 83.2 Å². The fourth-order valence-corrected chi connectivity index (χ4v) is 6.26. The molecule has 0 saturated carbocycles. The molecule has 0 unspecified atom stereocenters. The number of aromatic nitrogens is 2. The van der Waals surface area contributed by atoms with Crippen LogP contribution < -0.4 is 20.3 Å². The van der Waals surface area contributed by atoms with Crippen LogP contribution in [0.25, 0.3) is 10.9 Å². The fraction of sp³-hybridized carbons (Fsp3) is 0.436. The maximum atomic E-state index is 14.1. The Morgan fingerprint density at radius 2 is 1.74 bits per heavy atom. The summed E-state index contributed by atoms with van der Waals surface area (Å²) in [6.45, 7) is 11.9. The number of nitrogens with zero attached hydrogens (tertiary/aromatic N) is 4. The molecule has 2 saturated heterocycles. The number of hydrogen-bond donors (Lipinski definition) is 2. The van der Waals surface area contributed by atoms with Crippen molar-refractivity contribution in [3.63, 3.8) is 0 Å². The third-order valence-electron chi connectivity index (χ3n) is 8.94. The Morgan fingerprint density at radius 3 is 2.41 bits per heavy atom. The van der Waals surface area contributed by atoms with Crippen LogP contribution in [0, 0.1) is 6.92 Å². The van der Waals surface area contributed by atoms with Gasteiger partial charge in [0.05, 0.1) is 36.0 Å². The van der Waals surface area contributed by atoms with E-state index < -0.39 is 29.5 Å². The minimum Gasteiger partial charge on any atom is -0.486 e. The van der Waals surface area contributed by atoms with Crippen molar-refractivity contribution in [1.82, 2.24) is 14.9 Å². The molecule has 12 nitrogen and oxygen atoms in total. The Kier molecular flexibility index (Phi) is 11.4. The molecule has 2 amide bonds. The van der Waals surface area contributed by atoms with Crippen LogP contribution in [0.3, 0.4) is 0 Å². The Morgan fingerprint density at radius 1 is 1.00 bits per heavy atom. The van der Waals surface area contributed by atoms with Gasteiger partial charge in [0, 0.05) is 43.7 Å². The lowest BCUT2D eigenvalue weighted by molar-refractivity contribution is -0.137. The summed E-state index contributed by atoms with van der Waals surface area (Å²) in [7, 11) is 0. The van der Waals surface area contributed by atoms with Gasteiger partial charge in [-0.3, -0.25) is 5.32 Å². The summed E-state index contributed by atoms with van der Waals surface area (Å²) in [5, 5.41) is 6.34. The molecule has 6 rings (SSSR count). The predicted octanol–water partition coefficient (Wildman–Crippen LogP) is 8.10. The Bertz CT molecular complexity index is 1960. The molecule has 2 aliphatic heterocycles. The maximum absolute atomic E-state index is 14.1. The second-order valence-electron chi connectivity index (χ2n) is 14.4. The van der Waals surface area contributed by atoms with Crippen molar-refractivity contribution in [2.24, 2.45) is 0 Å². The lowest BCUT2D eigenvalue weighted by Crippen LogP contribution is -2.50. The van der Waals surface area contributed by atoms with Gasteiger partial charge in [-0.1, -0.05) is 30.3 Å². The van der Waals surface area contributed by atoms with Crippen molar-refractivity contribution >= 4 is 40.3 Å². The number of rotatable bonds is 9. The van der Waals surface area contributed by atoms with Gasteiger partial charge in [0.25, 0.3) is 0 Å². The quantitative estimate of drug-likeness (QED) is 0.173. The number of amides is 2. The van der Waals surface area contributed by atoms with E-state index in [1.54, 1.807) is 43.0 Å². The second kappa shape index (κ2) is 16.0. The van der Waals surface area contributed by atoms with Crippen LogP contribution in [-0.2, 0) is 27.0 Å². The Balaban J connectivity index is 1.27. The first-order chi connectivity index (χ1) is 25.6. The molecule has 3 aromatic carbocycles. The molecule has 4 aromatic rings. The predicted molar refractivity (Wildman–Crippen MR) is 198 cm³/mol. The third kappa shape index (κ3) is 9.81. The highest BCUT2D eigenvalue weighted by Gasteiger charge is 2.33. The highest BCUT2D eigenvalue weighted by atomic mass is 19.4. The number of anilines is 3. The van der Waals surface area contributed by atoms with Crippen LogP contribution in [0.5, 0.6) is 5.75 Å². The fourth-order valence-electron chi connectivity index (χ4n) is 6.26. The highest BCUT2D eigenvalue weighted by molar-refractivity contribution is 5.94. The minimum atomic E-state index is -4.68. The number of carbonyl (C=O) groups excluding carboxylic acids is 2. The normalized spacial score (nSPS) is 16.9. The number of benzene rings is 3. The molecule has 0 radical (unpaired) electrons. The number of alkyl halides is 3. The second-order valence-corrected chi connectivity index (χ2v) is 14.4. The number of ether oxygens (including phenoxy) is 4. The Hall–Kier alpha value is -5.31. The molecule has 0 aliphatic carbocycles. The molecule has 2 aliphatic rings. The summed E-state index contributed by atoms with van der Waals surface area (Å²) in [6.07, 6.45) is -5.39. The summed E-state index contributed by atoms with van der Waals surface area (Å²) in [6, 6.07) is 15.4. The van der Waals surface area contributed by atoms with Gasteiger partial charge in [0.1, 0.15) is 35.7 Å². The van der Waals surface area contributed by atoms with Crippen LogP contribution in [0.4, 0.5) is 40.0 Å². The van der Waals surface area contributed by atoms with Crippen LogP contribution in [0.2, 0.25) is 0 Å². The molecule has 15 heteroatoms. The summed E-state index contributed by atoms with van der Waals surface area (Å²) in [5.41, 5.74) is 0.789. The largest absolute Gasteiger partial charge is 0.486 e. The lowest BCUT2D eigenvalue weighted by atomic mass is 10.0. The lowest BCUT2D eigenvalue weighted by Gasteiger charge is -2.37. The van der Waals surface area contributed by atoms with Crippen LogP contribution >= 0.6 is 0 Å². The zero-order chi connectivity index (χ0) is 38.6. The zero-order valence-corrected chi connectivity index (χ0v) is 31.0. The van der Waals surface area contributed by atoms with Crippen LogP contribution in [-0.4, -0.2) is 78.2 Å². The van der Waals surface area contributed by atoms with Gasteiger partial charge in [-0.2, -0.15) is 13.2 Å². The van der Waals surface area contributed by atoms with E-state index in [1.807, 2.05) is 39.0 Å². The van der Waals surface area contributed by atoms with Crippen molar-refractivity contribution in [2.45, 2.75) is 71.6 Å². The first-order valence-corrected chi connectivity index (χ1v) is 17.9. The van der Waals surface area contributed by atoms with E-state index in [9.17, 15) is 22.8 Å². The number of nitrogens with one attached hydrogen (secondary N) is 2. The van der Waals surface area contributed by atoms with Gasteiger partial charge >= 0.3 is 18.4 Å². The minimum absolute atomic E-state index is 0.0416. The molecule has 1 aromatic heterocycles. The number of aryl methyl sites for hydroxylation is 1. The molecule has 0 spiro atoms. The number of halogens is 3. The molecule has 3 heterocycles. The number of piperazine rings is 1. The van der Waals surface area contributed by atoms with E-state index in [0.29, 0.717) is 74.1 Å². The number of carbonyl (C=O) groups is 2. The molecule has 54 heavy (non-hydrogen) atoms. The van der Waals surface area contributed by atoms with E-state index >= 15 is 0 Å². The van der Waals surface area contributed by atoms with Crippen molar-refractivity contribution < 1.29 is 41.7 Å². The molecule has 2 N–H and O–H groups in total.